The largest absolute Gasteiger partial charge is 0.483 e. The van der Waals surface area contributed by atoms with Gasteiger partial charge in [-0.3, -0.25) is 9.69 Å². The number of rotatable bonds is 6. The summed E-state index contributed by atoms with van der Waals surface area (Å²) in [5.41, 5.74) is 1.94. The minimum absolute atomic E-state index is 0.00459. The molecule has 1 aromatic heterocycles. The number of benzene rings is 2. The second kappa shape index (κ2) is 8.03. The minimum Gasteiger partial charge on any atom is -0.483 e. The van der Waals surface area contributed by atoms with Gasteiger partial charge in [-0.25, -0.2) is 8.78 Å². The number of hydrogen-bond donors (Lipinski definition) is 0. The van der Waals surface area contributed by atoms with E-state index in [0.717, 1.165) is 23.3 Å². The van der Waals surface area contributed by atoms with Crippen molar-refractivity contribution in [2.45, 2.75) is 20.4 Å². The summed E-state index contributed by atoms with van der Waals surface area (Å²) in [6.45, 7) is 3.56. The van der Waals surface area contributed by atoms with Crippen molar-refractivity contribution in [1.82, 2.24) is 0 Å². The lowest BCUT2D eigenvalue weighted by molar-refractivity contribution is -0.120. The van der Waals surface area contributed by atoms with Gasteiger partial charge in [-0.15, -0.1) is 0 Å². The number of carbonyl (C=O) groups excluding carboxylic acids is 1. The number of hydrogen-bond acceptors (Lipinski definition) is 3. The highest BCUT2D eigenvalue weighted by Crippen LogP contribution is 2.24. The van der Waals surface area contributed by atoms with Crippen molar-refractivity contribution in [3.63, 3.8) is 0 Å². The van der Waals surface area contributed by atoms with E-state index >= 15 is 0 Å². The van der Waals surface area contributed by atoms with Gasteiger partial charge in [-0.1, -0.05) is 17.7 Å². The van der Waals surface area contributed by atoms with Crippen LogP contribution in [0.15, 0.2) is 59.2 Å². The maximum atomic E-state index is 14.3. The van der Waals surface area contributed by atoms with Crippen LogP contribution in [0.3, 0.4) is 0 Å². The van der Waals surface area contributed by atoms with Crippen LogP contribution in [-0.4, -0.2) is 12.5 Å². The summed E-state index contributed by atoms with van der Waals surface area (Å²) < 4.78 is 38.4. The lowest BCUT2D eigenvalue weighted by atomic mass is 10.1. The average molecular weight is 371 g/mol. The van der Waals surface area contributed by atoms with E-state index in [4.69, 9.17) is 9.15 Å². The van der Waals surface area contributed by atoms with Gasteiger partial charge in [0.05, 0.1) is 18.5 Å². The number of carbonyl (C=O) groups is 1. The van der Waals surface area contributed by atoms with Gasteiger partial charge >= 0.3 is 0 Å². The van der Waals surface area contributed by atoms with Crippen LogP contribution in [0.1, 0.15) is 16.9 Å². The van der Waals surface area contributed by atoms with Crippen LogP contribution in [0.5, 0.6) is 5.75 Å². The summed E-state index contributed by atoms with van der Waals surface area (Å²) in [6.07, 6.45) is 1.46. The third-order valence-corrected chi connectivity index (χ3v) is 4.08. The first-order valence-corrected chi connectivity index (χ1v) is 8.42. The molecule has 2 aromatic carbocycles. The zero-order valence-corrected chi connectivity index (χ0v) is 15.0. The quantitative estimate of drug-likeness (QED) is 0.626. The molecule has 0 spiro atoms. The molecule has 0 radical (unpaired) electrons. The van der Waals surface area contributed by atoms with E-state index in [1.54, 1.807) is 18.2 Å². The second-order valence-electron chi connectivity index (χ2n) is 6.21. The van der Waals surface area contributed by atoms with Crippen LogP contribution < -0.4 is 9.64 Å². The van der Waals surface area contributed by atoms with Gasteiger partial charge in [0.2, 0.25) is 0 Å². The van der Waals surface area contributed by atoms with Crippen molar-refractivity contribution in [2.75, 3.05) is 11.5 Å². The van der Waals surface area contributed by atoms with Crippen LogP contribution in [0.4, 0.5) is 14.5 Å². The molecule has 1 amide bonds. The summed E-state index contributed by atoms with van der Waals surface area (Å²) >= 11 is 0. The van der Waals surface area contributed by atoms with E-state index in [0.29, 0.717) is 11.5 Å². The highest BCUT2D eigenvalue weighted by atomic mass is 19.1. The molecule has 3 aromatic rings. The van der Waals surface area contributed by atoms with E-state index in [1.165, 1.54) is 17.2 Å². The van der Waals surface area contributed by atoms with Crippen molar-refractivity contribution in [3.8, 4) is 5.75 Å². The fourth-order valence-electron chi connectivity index (χ4n) is 2.74. The van der Waals surface area contributed by atoms with Crippen LogP contribution in [-0.2, 0) is 11.3 Å². The Labute approximate surface area is 156 Å². The molecule has 27 heavy (non-hydrogen) atoms. The minimum atomic E-state index is -0.832. The first kappa shape index (κ1) is 18.6. The molecule has 0 atom stereocenters. The van der Waals surface area contributed by atoms with E-state index < -0.39 is 17.5 Å². The Bertz CT molecular complexity index is 939. The zero-order chi connectivity index (χ0) is 19.4. The molecule has 3 rings (SSSR count). The predicted molar refractivity (Wildman–Crippen MR) is 97.7 cm³/mol. The van der Waals surface area contributed by atoms with E-state index in [1.807, 2.05) is 26.0 Å². The number of furan rings is 1. The number of halogens is 2. The smallest absolute Gasteiger partial charge is 0.265 e. The fraction of sp³-hybridized carbons (Fsp3) is 0.190. The first-order valence-electron chi connectivity index (χ1n) is 8.42. The highest BCUT2D eigenvalue weighted by molar-refractivity contribution is 5.94. The summed E-state index contributed by atoms with van der Waals surface area (Å²) in [5, 5.41) is 0. The van der Waals surface area contributed by atoms with Crippen molar-refractivity contribution < 1.29 is 22.7 Å². The Hall–Kier alpha value is -3.15. The van der Waals surface area contributed by atoms with Gasteiger partial charge in [0.15, 0.2) is 6.61 Å². The Morgan fingerprint density at radius 3 is 2.59 bits per heavy atom. The Morgan fingerprint density at radius 1 is 1.11 bits per heavy atom. The SMILES string of the molecule is Cc1ccc(OCC(=O)N(Cc2ccco2)c2ccc(F)cc2F)c(C)c1. The van der Waals surface area contributed by atoms with Crippen molar-refractivity contribution in [2.24, 2.45) is 0 Å². The molecular formula is C21H19F2NO3. The summed E-state index contributed by atoms with van der Waals surface area (Å²) in [5.74, 6) is -0.975. The summed E-state index contributed by atoms with van der Waals surface area (Å²) in [4.78, 5) is 13.9. The highest BCUT2D eigenvalue weighted by Gasteiger charge is 2.22. The maximum Gasteiger partial charge on any atom is 0.265 e. The molecule has 140 valence electrons. The van der Waals surface area contributed by atoms with E-state index in [2.05, 4.69) is 0 Å². The summed E-state index contributed by atoms with van der Waals surface area (Å²) in [7, 11) is 0. The van der Waals surface area contributed by atoms with Crippen LogP contribution in [0, 0.1) is 25.5 Å². The predicted octanol–water partition coefficient (Wildman–Crippen LogP) is 4.79. The third-order valence-electron chi connectivity index (χ3n) is 4.08. The molecule has 0 aliphatic carbocycles. The summed E-state index contributed by atoms with van der Waals surface area (Å²) in [6, 6.07) is 12.0. The van der Waals surface area contributed by atoms with Gasteiger partial charge in [0.1, 0.15) is 23.1 Å². The van der Waals surface area contributed by atoms with Gasteiger partial charge in [-0.05, 0) is 49.7 Å². The number of nitrogens with zero attached hydrogens (tertiary/aromatic N) is 1. The van der Waals surface area contributed by atoms with Gasteiger partial charge in [0, 0.05) is 6.07 Å². The lowest BCUT2D eigenvalue weighted by Crippen LogP contribution is -2.35. The molecule has 4 nitrogen and oxygen atoms in total. The van der Waals surface area contributed by atoms with Crippen LogP contribution >= 0.6 is 0 Å². The van der Waals surface area contributed by atoms with E-state index in [-0.39, 0.29) is 18.8 Å². The molecule has 0 saturated carbocycles. The fourth-order valence-corrected chi connectivity index (χ4v) is 2.74. The van der Waals surface area contributed by atoms with E-state index in [9.17, 15) is 13.6 Å². The van der Waals surface area contributed by atoms with Gasteiger partial charge in [0.25, 0.3) is 5.91 Å². The Kier molecular flexibility index (Phi) is 5.54. The molecule has 0 unspecified atom stereocenters. The molecule has 0 fully saturated rings. The first-order chi connectivity index (χ1) is 12.9. The molecule has 1 heterocycles. The Balaban J connectivity index is 1.82. The molecular weight excluding hydrogens is 352 g/mol. The van der Waals surface area contributed by atoms with Crippen LogP contribution in [0.25, 0.3) is 0 Å². The zero-order valence-electron chi connectivity index (χ0n) is 15.0. The molecule has 0 aliphatic rings. The normalized spacial score (nSPS) is 10.7. The number of ether oxygens (including phenoxy) is 1. The van der Waals surface area contributed by atoms with Gasteiger partial charge < -0.3 is 9.15 Å². The monoisotopic (exact) mass is 371 g/mol. The van der Waals surface area contributed by atoms with Crippen molar-refractivity contribution >= 4 is 11.6 Å². The second-order valence-corrected chi connectivity index (χ2v) is 6.21. The molecule has 0 aliphatic heterocycles. The molecule has 6 heteroatoms. The molecule has 0 N–H and O–H groups in total. The number of anilines is 1. The topological polar surface area (TPSA) is 42.7 Å². The lowest BCUT2D eigenvalue weighted by Gasteiger charge is -2.23. The number of amides is 1. The third kappa shape index (κ3) is 4.53. The van der Waals surface area contributed by atoms with Crippen molar-refractivity contribution in [3.05, 3.63) is 83.3 Å². The maximum absolute atomic E-state index is 14.3. The molecule has 0 bridgehead atoms. The molecule has 0 saturated heterocycles. The average Bonchev–Trinajstić information content (AvgIpc) is 3.12. The van der Waals surface area contributed by atoms with Gasteiger partial charge in [-0.2, -0.15) is 0 Å². The standard InChI is InChI=1S/C21H19F2NO3/c1-14-5-8-20(15(2)10-14)27-13-21(25)24(12-17-4-3-9-26-17)19-7-6-16(22)11-18(19)23/h3-11H,12-13H2,1-2H3. The van der Waals surface area contributed by atoms with Crippen molar-refractivity contribution in [1.29, 1.82) is 0 Å². The number of aryl methyl sites for hydroxylation is 2. The Morgan fingerprint density at radius 2 is 1.93 bits per heavy atom. The van der Waals surface area contributed by atoms with Crippen LogP contribution in [0.2, 0.25) is 0 Å².